The zero-order valence-electron chi connectivity index (χ0n) is 16.4. The second kappa shape index (κ2) is 7.74. The van der Waals surface area contributed by atoms with Crippen molar-refractivity contribution in [2.45, 2.75) is 30.2 Å². The van der Waals surface area contributed by atoms with Crippen molar-refractivity contribution in [1.29, 1.82) is 0 Å². The van der Waals surface area contributed by atoms with E-state index in [4.69, 9.17) is 0 Å². The molecule has 1 aromatic carbocycles. The molecule has 0 N–H and O–H groups in total. The maximum Gasteiger partial charge on any atom is 0.266 e. The zero-order valence-corrected chi connectivity index (χ0v) is 18.0. The monoisotopic (exact) mass is 430 g/mol. The SMILES string of the molecule is O=S(=O)(c1ccc(-c2cccs2)cc1)N1CCN=C1N1CCN(C2CCC2)CC1. The van der Waals surface area contributed by atoms with Gasteiger partial charge in [-0.15, -0.1) is 11.3 Å². The molecule has 2 aromatic rings. The van der Waals surface area contributed by atoms with Crippen LogP contribution in [-0.4, -0.2) is 73.8 Å². The number of guanidine groups is 1. The first-order valence-electron chi connectivity index (χ1n) is 10.3. The number of hydrogen-bond acceptors (Lipinski definition) is 6. The molecule has 1 aliphatic carbocycles. The van der Waals surface area contributed by atoms with Gasteiger partial charge in [0.2, 0.25) is 5.96 Å². The summed E-state index contributed by atoms with van der Waals surface area (Å²) in [4.78, 5) is 10.7. The number of benzene rings is 1. The minimum absolute atomic E-state index is 0.334. The molecule has 0 amide bonds. The molecule has 1 saturated carbocycles. The van der Waals surface area contributed by atoms with Gasteiger partial charge in [-0.05, 0) is 42.0 Å². The Morgan fingerprint density at radius 2 is 1.72 bits per heavy atom. The fourth-order valence-corrected chi connectivity index (χ4v) is 6.48. The number of sulfonamides is 1. The van der Waals surface area contributed by atoms with Crippen molar-refractivity contribution in [1.82, 2.24) is 14.1 Å². The Hall–Kier alpha value is -1.90. The fourth-order valence-electron chi connectivity index (χ4n) is 4.31. The van der Waals surface area contributed by atoms with E-state index in [2.05, 4.69) is 14.8 Å². The highest BCUT2D eigenvalue weighted by Gasteiger charge is 2.36. The first-order valence-corrected chi connectivity index (χ1v) is 12.6. The fraction of sp³-hybridized carbons (Fsp3) is 0.476. The number of aliphatic imine (C=N–C) groups is 1. The lowest BCUT2D eigenvalue weighted by atomic mass is 9.91. The third-order valence-corrected chi connectivity index (χ3v) is 8.93. The van der Waals surface area contributed by atoms with Gasteiger partial charge in [-0.25, -0.2) is 12.7 Å². The van der Waals surface area contributed by atoms with Crippen molar-refractivity contribution in [3.05, 3.63) is 41.8 Å². The Labute approximate surface area is 176 Å². The lowest BCUT2D eigenvalue weighted by Gasteiger charge is -2.44. The van der Waals surface area contributed by atoms with Gasteiger partial charge >= 0.3 is 0 Å². The van der Waals surface area contributed by atoms with Crippen LogP contribution in [0, 0.1) is 0 Å². The molecule has 1 saturated heterocycles. The van der Waals surface area contributed by atoms with Gasteiger partial charge < -0.3 is 4.90 Å². The second-order valence-corrected chi connectivity index (χ2v) is 10.7. The van der Waals surface area contributed by atoms with Gasteiger partial charge in [-0.3, -0.25) is 9.89 Å². The molecule has 0 unspecified atom stereocenters. The number of rotatable bonds is 4. The van der Waals surface area contributed by atoms with Gasteiger partial charge in [0.05, 0.1) is 18.0 Å². The maximum atomic E-state index is 13.3. The lowest BCUT2D eigenvalue weighted by molar-refractivity contribution is 0.0833. The molecule has 3 heterocycles. The first kappa shape index (κ1) is 19.1. The van der Waals surface area contributed by atoms with Crippen LogP contribution in [0.2, 0.25) is 0 Å². The van der Waals surface area contributed by atoms with Gasteiger partial charge in [0.15, 0.2) is 0 Å². The van der Waals surface area contributed by atoms with Gasteiger partial charge in [0.1, 0.15) is 0 Å². The third-order valence-electron chi connectivity index (χ3n) is 6.22. The van der Waals surface area contributed by atoms with E-state index in [1.54, 1.807) is 23.5 Å². The predicted molar refractivity (Wildman–Crippen MR) is 117 cm³/mol. The van der Waals surface area contributed by atoms with Gasteiger partial charge in [-0.1, -0.05) is 24.6 Å². The normalized spacial score (nSPS) is 21.3. The minimum Gasteiger partial charge on any atom is -0.339 e. The van der Waals surface area contributed by atoms with E-state index in [-0.39, 0.29) is 0 Å². The van der Waals surface area contributed by atoms with E-state index in [0.717, 1.165) is 42.7 Å². The summed E-state index contributed by atoms with van der Waals surface area (Å²) in [5.41, 5.74) is 1.04. The Bertz CT molecular complexity index is 974. The summed E-state index contributed by atoms with van der Waals surface area (Å²) < 4.78 is 28.2. The smallest absolute Gasteiger partial charge is 0.266 e. The number of thiophene rings is 1. The summed E-state index contributed by atoms with van der Waals surface area (Å²) in [6, 6.07) is 12.0. The Kier molecular flexibility index (Phi) is 5.09. The Balaban J connectivity index is 1.31. The number of nitrogens with zero attached hydrogens (tertiary/aromatic N) is 4. The van der Waals surface area contributed by atoms with E-state index in [9.17, 15) is 8.42 Å². The molecular formula is C21H26N4O2S2. The summed E-state index contributed by atoms with van der Waals surface area (Å²) in [5, 5.41) is 2.03. The molecule has 3 aliphatic rings. The van der Waals surface area contributed by atoms with Crippen molar-refractivity contribution in [3.63, 3.8) is 0 Å². The van der Waals surface area contributed by atoms with Crippen molar-refractivity contribution in [3.8, 4) is 10.4 Å². The van der Waals surface area contributed by atoms with Crippen LogP contribution in [0.5, 0.6) is 0 Å². The Morgan fingerprint density at radius 3 is 2.34 bits per heavy atom. The van der Waals surface area contributed by atoms with E-state index in [1.165, 1.54) is 23.6 Å². The molecule has 2 fully saturated rings. The predicted octanol–water partition coefficient (Wildman–Crippen LogP) is 2.95. The van der Waals surface area contributed by atoms with Crippen LogP contribution in [0.15, 0.2) is 51.7 Å². The Morgan fingerprint density at radius 1 is 0.966 bits per heavy atom. The van der Waals surface area contributed by atoms with E-state index >= 15 is 0 Å². The molecule has 0 atom stereocenters. The van der Waals surface area contributed by atoms with E-state index < -0.39 is 10.0 Å². The highest BCUT2D eigenvalue weighted by molar-refractivity contribution is 7.89. The summed E-state index contributed by atoms with van der Waals surface area (Å²) in [5.74, 6) is 0.626. The zero-order chi connectivity index (χ0) is 19.8. The molecule has 29 heavy (non-hydrogen) atoms. The maximum absolute atomic E-state index is 13.3. The molecule has 8 heteroatoms. The highest BCUT2D eigenvalue weighted by atomic mass is 32.2. The number of hydrogen-bond donors (Lipinski definition) is 0. The molecule has 154 valence electrons. The minimum atomic E-state index is -3.60. The van der Waals surface area contributed by atoms with Crippen molar-refractivity contribution < 1.29 is 8.42 Å². The topological polar surface area (TPSA) is 56.2 Å². The summed E-state index contributed by atoms with van der Waals surface area (Å²) >= 11 is 1.65. The molecule has 2 aliphatic heterocycles. The third kappa shape index (κ3) is 3.58. The average molecular weight is 431 g/mol. The van der Waals surface area contributed by atoms with Crippen LogP contribution in [0.25, 0.3) is 10.4 Å². The van der Waals surface area contributed by atoms with Crippen LogP contribution in [0.4, 0.5) is 0 Å². The van der Waals surface area contributed by atoms with Crippen LogP contribution in [0.3, 0.4) is 0 Å². The van der Waals surface area contributed by atoms with Gasteiger partial charge in [0.25, 0.3) is 10.0 Å². The van der Waals surface area contributed by atoms with Crippen molar-refractivity contribution in [2.24, 2.45) is 4.99 Å². The summed E-state index contributed by atoms with van der Waals surface area (Å²) in [7, 11) is -3.60. The summed E-state index contributed by atoms with van der Waals surface area (Å²) in [6.07, 6.45) is 3.96. The van der Waals surface area contributed by atoms with Crippen molar-refractivity contribution >= 4 is 27.3 Å². The standard InChI is InChI=1S/C21H26N4O2S2/c26-29(27,19-8-6-17(7-9-19)20-5-2-16-28-20)25-11-10-22-21(25)24-14-12-23(13-15-24)18-3-1-4-18/h2,5-9,16,18H,1,3-4,10-15H2. The van der Waals surface area contributed by atoms with E-state index in [0.29, 0.717) is 23.9 Å². The second-order valence-electron chi connectivity index (χ2n) is 7.87. The molecule has 1 aromatic heterocycles. The molecular weight excluding hydrogens is 404 g/mol. The quantitative estimate of drug-likeness (QED) is 0.748. The van der Waals surface area contributed by atoms with Crippen LogP contribution in [-0.2, 0) is 10.0 Å². The van der Waals surface area contributed by atoms with Gasteiger partial charge in [-0.2, -0.15) is 0 Å². The van der Waals surface area contributed by atoms with Crippen LogP contribution >= 0.6 is 11.3 Å². The number of piperazine rings is 1. The first-order chi connectivity index (χ1) is 14.1. The van der Waals surface area contributed by atoms with E-state index in [1.807, 2.05) is 29.6 Å². The van der Waals surface area contributed by atoms with Gasteiger partial charge in [0, 0.05) is 37.1 Å². The summed E-state index contributed by atoms with van der Waals surface area (Å²) in [6.45, 7) is 4.63. The van der Waals surface area contributed by atoms with Crippen molar-refractivity contribution in [2.75, 3.05) is 39.3 Å². The van der Waals surface area contributed by atoms with Crippen LogP contribution in [0.1, 0.15) is 19.3 Å². The molecule has 0 bridgehead atoms. The lowest BCUT2D eigenvalue weighted by Crippen LogP contribution is -2.56. The molecule has 0 spiro atoms. The molecule has 5 rings (SSSR count). The highest BCUT2D eigenvalue weighted by Crippen LogP contribution is 2.29. The molecule has 6 nitrogen and oxygen atoms in total. The van der Waals surface area contributed by atoms with Crippen LogP contribution < -0.4 is 0 Å². The average Bonchev–Trinajstić information content (AvgIpc) is 3.40. The largest absolute Gasteiger partial charge is 0.339 e. The molecule has 0 radical (unpaired) electrons.